The van der Waals surface area contributed by atoms with Crippen LogP contribution in [-0.4, -0.2) is 23.5 Å². The molecule has 0 spiro atoms. The standard InChI is InChI=1S/C16H21N3O2/c1-10(2)16-19-13-9-11(6-7-14(13)21-16)18-15(20)12-5-3-4-8-17-12/h6-7,9-10,12,17H,3-5,8H2,1-2H3,(H,18,20). The number of anilines is 1. The molecule has 0 radical (unpaired) electrons. The van der Waals surface area contributed by atoms with Crippen LogP contribution in [0, 0.1) is 0 Å². The number of rotatable bonds is 3. The Balaban J connectivity index is 1.75. The molecule has 1 aromatic heterocycles. The van der Waals surface area contributed by atoms with Crippen molar-refractivity contribution in [1.29, 1.82) is 0 Å². The molecule has 3 rings (SSSR count). The molecule has 1 saturated heterocycles. The molecule has 2 aromatic rings. The van der Waals surface area contributed by atoms with Gasteiger partial charge >= 0.3 is 0 Å². The number of amides is 1. The molecule has 1 aliphatic rings. The molecule has 2 heterocycles. The molecule has 112 valence electrons. The summed E-state index contributed by atoms with van der Waals surface area (Å²) < 4.78 is 5.67. The van der Waals surface area contributed by atoms with Crippen LogP contribution in [-0.2, 0) is 4.79 Å². The first-order chi connectivity index (χ1) is 10.1. The average molecular weight is 287 g/mol. The first-order valence-electron chi connectivity index (χ1n) is 7.58. The van der Waals surface area contributed by atoms with Gasteiger partial charge in [0, 0.05) is 11.6 Å². The smallest absolute Gasteiger partial charge is 0.241 e. The second kappa shape index (κ2) is 5.85. The van der Waals surface area contributed by atoms with Crippen LogP contribution in [0.25, 0.3) is 11.1 Å². The molecule has 5 nitrogen and oxygen atoms in total. The van der Waals surface area contributed by atoms with Gasteiger partial charge in [-0.3, -0.25) is 4.79 Å². The largest absolute Gasteiger partial charge is 0.440 e. The van der Waals surface area contributed by atoms with E-state index in [9.17, 15) is 4.79 Å². The summed E-state index contributed by atoms with van der Waals surface area (Å²) in [7, 11) is 0. The number of piperidine rings is 1. The van der Waals surface area contributed by atoms with Crippen LogP contribution >= 0.6 is 0 Å². The molecule has 1 atom stereocenters. The Kier molecular flexibility index (Phi) is 3.92. The Morgan fingerprint density at radius 2 is 2.29 bits per heavy atom. The number of nitrogens with zero attached hydrogens (tertiary/aromatic N) is 1. The lowest BCUT2D eigenvalue weighted by Crippen LogP contribution is -2.43. The monoisotopic (exact) mass is 287 g/mol. The Labute approximate surface area is 124 Å². The van der Waals surface area contributed by atoms with Crippen molar-refractivity contribution < 1.29 is 9.21 Å². The summed E-state index contributed by atoms with van der Waals surface area (Å²) in [6.07, 6.45) is 3.15. The molecule has 0 bridgehead atoms. The third-order valence-electron chi connectivity index (χ3n) is 3.79. The van der Waals surface area contributed by atoms with Crippen molar-refractivity contribution in [2.75, 3.05) is 11.9 Å². The van der Waals surface area contributed by atoms with Gasteiger partial charge in [0.25, 0.3) is 0 Å². The lowest BCUT2D eigenvalue weighted by molar-refractivity contribution is -0.118. The van der Waals surface area contributed by atoms with Crippen LogP contribution in [0.3, 0.4) is 0 Å². The van der Waals surface area contributed by atoms with Crippen molar-refractivity contribution in [3.63, 3.8) is 0 Å². The van der Waals surface area contributed by atoms with Crippen molar-refractivity contribution in [2.45, 2.75) is 45.1 Å². The molecule has 0 saturated carbocycles. The fourth-order valence-corrected chi connectivity index (χ4v) is 2.57. The zero-order valence-corrected chi connectivity index (χ0v) is 12.5. The molecule has 1 unspecified atom stereocenters. The van der Waals surface area contributed by atoms with E-state index >= 15 is 0 Å². The van der Waals surface area contributed by atoms with Crippen LogP contribution in [0.15, 0.2) is 22.6 Å². The number of fused-ring (bicyclic) bond motifs is 1. The minimum Gasteiger partial charge on any atom is -0.440 e. The quantitative estimate of drug-likeness (QED) is 0.910. The molecule has 1 aliphatic heterocycles. The summed E-state index contributed by atoms with van der Waals surface area (Å²) in [6, 6.07) is 5.50. The van der Waals surface area contributed by atoms with E-state index in [0.717, 1.165) is 48.5 Å². The highest BCUT2D eigenvalue weighted by Crippen LogP contribution is 2.24. The number of carbonyl (C=O) groups excluding carboxylic acids is 1. The minimum absolute atomic E-state index is 0.0293. The van der Waals surface area contributed by atoms with Gasteiger partial charge in [-0.25, -0.2) is 4.98 Å². The van der Waals surface area contributed by atoms with Crippen LogP contribution in [0.5, 0.6) is 0 Å². The summed E-state index contributed by atoms with van der Waals surface area (Å²) in [6.45, 7) is 5.00. The topological polar surface area (TPSA) is 67.2 Å². The lowest BCUT2D eigenvalue weighted by atomic mass is 10.0. The van der Waals surface area contributed by atoms with E-state index in [4.69, 9.17) is 4.42 Å². The molecule has 5 heteroatoms. The predicted octanol–water partition coefficient (Wildman–Crippen LogP) is 3.03. The maximum absolute atomic E-state index is 12.2. The van der Waals surface area contributed by atoms with Gasteiger partial charge in [-0.2, -0.15) is 0 Å². The van der Waals surface area contributed by atoms with Gasteiger partial charge in [0.05, 0.1) is 6.04 Å². The van der Waals surface area contributed by atoms with Gasteiger partial charge in [0.1, 0.15) is 5.52 Å². The Bertz CT molecular complexity index is 642. The lowest BCUT2D eigenvalue weighted by Gasteiger charge is -2.22. The SMILES string of the molecule is CC(C)c1nc2cc(NC(=O)C3CCCCN3)ccc2o1. The molecular weight excluding hydrogens is 266 g/mol. The average Bonchev–Trinajstić information content (AvgIpc) is 2.91. The van der Waals surface area contributed by atoms with Gasteiger partial charge < -0.3 is 15.1 Å². The van der Waals surface area contributed by atoms with Crippen LogP contribution in [0.2, 0.25) is 0 Å². The molecule has 1 aromatic carbocycles. The van der Waals surface area contributed by atoms with Crippen molar-refractivity contribution >= 4 is 22.7 Å². The number of aromatic nitrogens is 1. The Hall–Kier alpha value is -1.88. The van der Waals surface area contributed by atoms with E-state index in [1.165, 1.54) is 0 Å². The summed E-state index contributed by atoms with van der Waals surface area (Å²) in [5.41, 5.74) is 2.31. The Morgan fingerprint density at radius 1 is 1.43 bits per heavy atom. The van der Waals surface area contributed by atoms with Crippen molar-refractivity contribution in [3.05, 3.63) is 24.1 Å². The Morgan fingerprint density at radius 3 is 3.00 bits per heavy atom. The summed E-state index contributed by atoms with van der Waals surface area (Å²) >= 11 is 0. The molecule has 0 aliphatic carbocycles. The first-order valence-corrected chi connectivity index (χ1v) is 7.58. The summed E-state index contributed by atoms with van der Waals surface area (Å²) in [5.74, 6) is 1.01. The predicted molar refractivity (Wildman–Crippen MR) is 82.4 cm³/mol. The van der Waals surface area contributed by atoms with Crippen molar-refractivity contribution in [3.8, 4) is 0 Å². The molecule has 1 fully saturated rings. The van der Waals surface area contributed by atoms with E-state index in [1.54, 1.807) is 0 Å². The number of nitrogens with one attached hydrogen (secondary N) is 2. The number of hydrogen-bond donors (Lipinski definition) is 2. The maximum Gasteiger partial charge on any atom is 0.241 e. The zero-order valence-electron chi connectivity index (χ0n) is 12.5. The molecule has 1 amide bonds. The van der Waals surface area contributed by atoms with Crippen molar-refractivity contribution in [2.24, 2.45) is 0 Å². The molecule has 2 N–H and O–H groups in total. The number of benzene rings is 1. The second-order valence-electron chi connectivity index (χ2n) is 5.88. The highest BCUT2D eigenvalue weighted by atomic mass is 16.3. The third-order valence-corrected chi connectivity index (χ3v) is 3.79. The molecular formula is C16H21N3O2. The number of carbonyl (C=O) groups is 1. The van der Waals surface area contributed by atoms with Gasteiger partial charge in [0.2, 0.25) is 5.91 Å². The van der Waals surface area contributed by atoms with Crippen LogP contribution in [0.4, 0.5) is 5.69 Å². The van der Waals surface area contributed by atoms with E-state index in [0.29, 0.717) is 0 Å². The van der Waals surface area contributed by atoms with Gasteiger partial charge in [-0.15, -0.1) is 0 Å². The fraction of sp³-hybridized carbons (Fsp3) is 0.500. The zero-order chi connectivity index (χ0) is 14.8. The normalized spacial score (nSPS) is 19.1. The fourth-order valence-electron chi connectivity index (χ4n) is 2.57. The number of hydrogen-bond acceptors (Lipinski definition) is 4. The van der Waals surface area contributed by atoms with Crippen molar-refractivity contribution in [1.82, 2.24) is 10.3 Å². The summed E-state index contributed by atoms with van der Waals surface area (Å²) in [5, 5.41) is 6.21. The highest BCUT2D eigenvalue weighted by Gasteiger charge is 2.20. The van der Waals surface area contributed by atoms with Gasteiger partial charge in [-0.1, -0.05) is 20.3 Å². The number of oxazole rings is 1. The van der Waals surface area contributed by atoms with Crippen LogP contribution in [0.1, 0.15) is 44.9 Å². The van der Waals surface area contributed by atoms with E-state index in [2.05, 4.69) is 15.6 Å². The molecule has 21 heavy (non-hydrogen) atoms. The summed E-state index contributed by atoms with van der Waals surface area (Å²) in [4.78, 5) is 16.7. The maximum atomic E-state index is 12.2. The second-order valence-corrected chi connectivity index (χ2v) is 5.88. The van der Waals surface area contributed by atoms with E-state index < -0.39 is 0 Å². The van der Waals surface area contributed by atoms with E-state index in [1.807, 2.05) is 32.0 Å². The van der Waals surface area contributed by atoms with Gasteiger partial charge in [-0.05, 0) is 37.6 Å². The van der Waals surface area contributed by atoms with E-state index in [-0.39, 0.29) is 17.9 Å². The highest BCUT2D eigenvalue weighted by molar-refractivity contribution is 5.96. The minimum atomic E-state index is -0.0852. The van der Waals surface area contributed by atoms with Crippen LogP contribution < -0.4 is 10.6 Å². The first kappa shape index (κ1) is 14.1. The third kappa shape index (κ3) is 3.08. The van der Waals surface area contributed by atoms with Gasteiger partial charge in [0.15, 0.2) is 11.5 Å².